The Hall–Kier alpha value is -2.18. The maximum Gasteiger partial charge on any atom is 0.422 e. The summed E-state index contributed by atoms with van der Waals surface area (Å²) in [4.78, 5) is 0. The number of nitrogens with zero attached hydrogens (tertiary/aromatic N) is 1. The number of hydrogen-bond donors (Lipinski definition) is 0. The van der Waals surface area contributed by atoms with Gasteiger partial charge in [-0.05, 0) is 18.1 Å². The molecule has 0 spiro atoms. The van der Waals surface area contributed by atoms with Crippen LogP contribution in [0.1, 0.15) is 44.2 Å². The largest absolute Gasteiger partial charge is 0.496 e. The molecule has 2 nitrogen and oxygen atoms in total. The molecule has 3 rings (SSSR count). The fraction of sp³-hybridized carbons (Fsp3) is 0.450. The molecule has 0 fully saturated rings. The van der Waals surface area contributed by atoms with E-state index in [4.69, 9.17) is 4.74 Å². The molecule has 1 aliphatic heterocycles. The summed E-state index contributed by atoms with van der Waals surface area (Å²) in [6.45, 7) is 3.98. The van der Waals surface area contributed by atoms with Gasteiger partial charge in [0, 0.05) is 25.3 Å². The summed E-state index contributed by atoms with van der Waals surface area (Å²) in [7, 11) is 1.43. The van der Waals surface area contributed by atoms with Crippen molar-refractivity contribution in [2.75, 3.05) is 7.11 Å². The molecule has 0 bridgehead atoms. The van der Waals surface area contributed by atoms with Gasteiger partial charge in [-0.2, -0.15) is 17.7 Å². The number of alkyl halides is 3. The first-order chi connectivity index (χ1) is 12.7. The van der Waals surface area contributed by atoms with E-state index in [9.17, 15) is 22.0 Å². The topological polar surface area (TPSA) is 13.1 Å². The molecular weight excluding hydrogens is 365 g/mol. The Labute approximate surface area is 154 Å². The Morgan fingerprint density at radius 1 is 1.19 bits per heavy atom. The number of hydrogen-bond acceptors (Lipinski definition) is 1. The highest BCUT2D eigenvalue weighted by Crippen LogP contribution is 2.44. The van der Waals surface area contributed by atoms with Gasteiger partial charge in [-0.25, -0.2) is 8.78 Å². The van der Waals surface area contributed by atoms with Gasteiger partial charge < -0.3 is 4.74 Å². The average Bonchev–Trinajstić information content (AvgIpc) is 2.59. The van der Waals surface area contributed by atoms with Gasteiger partial charge in [0.05, 0.1) is 18.7 Å². The predicted octanol–water partition coefficient (Wildman–Crippen LogP) is 5.41. The molecule has 2 heterocycles. The van der Waals surface area contributed by atoms with Crippen molar-refractivity contribution < 1.29 is 31.3 Å². The Kier molecular flexibility index (Phi) is 4.91. The van der Waals surface area contributed by atoms with Crippen molar-refractivity contribution in [3.8, 4) is 17.0 Å². The fourth-order valence-electron chi connectivity index (χ4n) is 4.14. The second-order valence-corrected chi connectivity index (χ2v) is 6.91. The third-order valence-corrected chi connectivity index (χ3v) is 5.41. The zero-order valence-electron chi connectivity index (χ0n) is 15.4. The molecule has 27 heavy (non-hydrogen) atoms. The van der Waals surface area contributed by atoms with Crippen molar-refractivity contribution in [1.29, 1.82) is 0 Å². The second-order valence-electron chi connectivity index (χ2n) is 6.91. The Bertz CT molecular complexity index is 878. The van der Waals surface area contributed by atoms with Crippen LogP contribution in [-0.4, -0.2) is 7.11 Å². The van der Waals surface area contributed by atoms with E-state index in [0.717, 1.165) is 18.9 Å². The molecule has 1 atom stereocenters. The number of halogens is 5. The molecule has 1 aliphatic rings. The van der Waals surface area contributed by atoms with Crippen molar-refractivity contribution in [3.05, 3.63) is 47.2 Å². The van der Waals surface area contributed by atoms with Gasteiger partial charge in [0.25, 0.3) is 0 Å². The van der Waals surface area contributed by atoms with Gasteiger partial charge >= 0.3 is 6.18 Å². The average molecular weight is 386 g/mol. The molecule has 0 radical (unpaired) electrons. The van der Waals surface area contributed by atoms with Gasteiger partial charge in [-0.15, -0.1) is 0 Å². The first kappa shape index (κ1) is 19.6. The van der Waals surface area contributed by atoms with Crippen molar-refractivity contribution in [2.45, 2.75) is 51.2 Å². The third-order valence-electron chi connectivity index (χ3n) is 5.41. The van der Waals surface area contributed by atoms with E-state index in [-0.39, 0.29) is 23.2 Å². The molecule has 1 aromatic carbocycles. The van der Waals surface area contributed by atoms with E-state index in [1.54, 1.807) is 12.3 Å². The molecular formula is C20H21F5NO+. The third kappa shape index (κ3) is 3.07. The molecule has 0 N–H and O–H groups in total. The first-order valence-electron chi connectivity index (χ1n) is 8.87. The van der Waals surface area contributed by atoms with E-state index >= 15 is 0 Å². The van der Waals surface area contributed by atoms with Crippen LogP contribution < -0.4 is 9.30 Å². The Morgan fingerprint density at radius 3 is 2.44 bits per heavy atom. The lowest BCUT2D eigenvalue weighted by atomic mass is 9.77. The van der Waals surface area contributed by atoms with Gasteiger partial charge in [-0.1, -0.05) is 13.8 Å². The molecule has 146 valence electrons. The quantitative estimate of drug-likeness (QED) is 0.506. The molecule has 7 heteroatoms. The van der Waals surface area contributed by atoms with Crippen LogP contribution >= 0.6 is 0 Å². The Morgan fingerprint density at radius 2 is 1.89 bits per heavy atom. The molecule has 1 aromatic heterocycles. The standard InChI is InChI=1S/C20H21F5NO/c1-4-7-19(5-2)11-12-9-14(21)17(20(23,24)25)18(22)16(12)15-10-13(27-3)6-8-26(15)19/h6,8-10H,4-5,7,11H2,1-3H3/q+1. The van der Waals surface area contributed by atoms with Gasteiger partial charge in [0.15, 0.2) is 17.6 Å². The molecule has 0 saturated heterocycles. The number of benzene rings is 1. The maximum atomic E-state index is 15.0. The van der Waals surface area contributed by atoms with Crippen LogP contribution in [0.25, 0.3) is 11.3 Å². The minimum atomic E-state index is -5.12. The van der Waals surface area contributed by atoms with Crippen LogP contribution in [0, 0.1) is 11.6 Å². The van der Waals surface area contributed by atoms with E-state index in [1.165, 1.54) is 13.2 Å². The molecule has 2 aromatic rings. The van der Waals surface area contributed by atoms with E-state index in [2.05, 4.69) is 0 Å². The summed E-state index contributed by atoms with van der Waals surface area (Å²) < 4.78 is 75.9. The highest BCUT2D eigenvalue weighted by Gasteiger charge is 2.48. The van der Waals surface area contributed by atoms with Crippen LogP contribution in [0.15, 0.2) is 24.4 Å². The minimum absolute atomic E-state index is 0.206. The normalized spacial score (nSPS) is 18.8. The van der Waals surface area contributed by atoms with Crippen LogP contribution in [0.4, 0.5) is 22.0 Å². The highest BCUT2D eigenvalue weighted by atomic mass is 19.4. The summed E-state index contributed by atoms with van der Waals surface area (Å²) >= 11 is 0. The predicted molar refractivity (Wildman–Crippen MR) is 90.4 cm³/mol. The van der Waals surface area contributed by atoms with Gasteiger partial charge in [0.2, 0.25) is 5.69 Å². The van der Waals surface area contributed by atoms with Gasteiger partial charge in [-0.3, -0.25) is 0 Å². The highest BCUT2D eigenvalue weighted by molar-refractivity contribution is 5.66. The summed E-state index contributed by atoms with van der Waals surface area (Å²) in [5.41, 5.74) is -1.99. The van der Waals surface area contributed by atoms with Crippen molar-refractivity contribution in [3.63, 3.8) is 0 Å². The number of pyridine rings is 1. The zero-order chi connectivity index (χ0) is 20.0. The molecule has 1 unspecified atom stereocenters. The smallest absolute Gasteiger partial charge is 0.422 e. The lowest BCUT2D eigenvalue weighted by molar-refractivity contribution is -0.759. The van der Waals surface area contributed by atoms with Crippen molar-refractivity contribution >= 4 is 0 Å². The van der Waals surface area contributed by atoms with E-state index in [0.29, 0.717) is 12.2 Å². The maximum absolute atomic E-state index is 15.0. The van der Waals surface area contributed by atoms with Crippen LogP contribution in [0.2, 0.25) is 0 Å². The summed E-state index contributed by atoms with van der Waals surface area (Å²) in [5, 5.41) is 0. The lowest BCUT2D eigenvalue weighted by Crippen LogP contribution is -2.60. The number of fused-ring (bicyclic) bond motifs is 3. The second kappa shape index (κ2) is 6.77. The van der Waals surface area contributed by atoms with Crippen LogP contribution in [-0.2, 0) is 18.1 Å². The fourth-order valence-corrected chi connectivity index (χ4v) is 4.14. The first-order valence-corrected chi connectivity index (χ1v) is 8.87. The van der Waals surface area contributed by atoms with E-state index in [1.807, 2.05) is 18.4 Å². The number of aromatic nitrogens is 1. The van der Waals surface area contributed by atoms with Crippen molar-refractivity contribution in [2.24, 2.45) is 0 Å². The molecule has 0 aliphatic carbocycles. The van der Waals surface area contributed by atoms with Crippen molar-refractivity contribution in [1.82, 2.24) is 0 Å². The summed E-state index contributed by atoms with van der Waals surface area (Å²) in [5.74, 6) is -2.75. The zero-order valence-corrected chi connectivity index (χ0v) is 15.4. The number of rotatable bonds is 4. The minimum Gasteiger partial charge on any atom is -0.496 e. The van der Waals surface area contributed by atoms with Crippen LogP contribution in [0.3, 0.4) is 0 Å². The number of ether oxygens (including phenoxy) is 1. The molecule has 0 amide bonds. The van der Waals surface area contributed by atoms with Crippen LogP contribution in [0.5, 0.6) is 5.75 Å². The lowest BCUT2D eigenvalue weighted by Gasteiger charge is -2.34. The SMILES string of the molecule is CCCC1(CC)Cc2cc(F)c(C(F)(F)F)c(F)c2-c2cc(OC)cc[n+]21. The number of methoxy groups -OCH3 is 1. The van der Waals surface area contributed by atoms with Gasteiger partial charge in [0.1, 0.15) is 17.1 Å². The Balaban J connectivity index is 2.38. The van der Waals surface area contributed by atoms with E-state index < -0.39 is 28.9 Å². The summed E-state index contributed by atoms with van der Waals surface area (Å²) in [6.07, 6.45) is -0.899. The molecule has 0 saturated carbocycles. The summed E-state index contributed by atoms with van der Waals surface area (Å²) in [6, 6.07) is 4.05. The monoisotopic (exact) mass is 386 g/mol.